The van der Waals surface area contributed by atoms with Crippen molar-refractivity contribution in [1.82, 2.24) is 0 Å². The summed E-state index contributed by atoms with van der Waals surface area (Å²) < 4.78 is 5.03. The van der Waals surface area contributed by atoms with Gasteiger partial charge in [0.05, 0.1) is 7.11 Å². The summed E-state index contributed by atoms with van der Waals surface area (Å²) in [5.74, 6) is -4.09. The van der Waals surface area contributed by atoms with Gasteiger partial charge in [-0.25, -0.2) is 0 Å². The van der Waals surface area contributed by atoms with Crippen LogP contribution in [0.3, 0.4) is 0 Å². The highest BCUT2D eigenvalue weighted by Gasteiger charge is 2.74. The van der Waals surface area contributed by atoms with E-state index in [1.165, 1.54) is 6.07 Å². The molecule has 0 heterocycles. The van der Waals surface area contributed by atoms with E-state index in [0.29, 0.717) is 5.56 Å². The van der Waals surface area contributed by atoms with E-state index in [0.717, 1.165) is 18.7 Å². The molecule has 0 atom stereocenters. The molecule has 0 aliphatic rings. The monoisotopic (exact) mass is 417 g/mol. The van der Waals surface area contributed by atoms with Crippen LogP contribution in [-0.4, -0.2) is 21.9 Å². The Morgan fingerprint density at radius 1 is 0.733 bits per heavy atom. The first kappa shape index (κ1) is 22.7. The fourth-order valence-electron chi connectivity index (χ4n) is 3.43. The van der Waals surface area contributed by atoms with E-state index in [-0.39, 0.29) is 5.75 Å². The minimum Gasteiger partial charge on any atom is -0.496 e. The van der Waals surface area contributed by atoms with Crippen LogP contribution < -0.4 is 4.74 Å². The van der Waals surface area contributed by atoms with E-state index in [9.17, 15) is 30.3 Å². The van der Waals surface area contributed by atoms with Crippen LogP contribution in [0.15, 0.2) is 48.5 Å². The first-order chi connectivity index (χ1) is 13.8. The lowest BCUT2D eigenvalue weighted by atomic mass is 9.61. The summed E-state index contributed by atoms with van der Waals surface area (Å²) in [5.41, 5.74) is -0.552. The number of nitrogens with zero attached hydrogens (tertiary/aromatic N) is 3. The third-order valence-electron chi connectivity index (χ3n) is 6.10. The van der Waals surface area contributed by atoms with Crippen LogP contribution in [-0.2, 0) is 16.6 Å². The Balaban J connectivity index is 2.81. The lowest BCUT2D eigenvalue weighted by Gasteiger charge is -2.43. The molecule has 0 saturated carbocycles. The maximum absolute atomic E-state index is 11.6. The van der Waals surface area contributed by atoms with Crippen molar-refractivity contribution in [3.05, 3.63) is 95.6 Å². The fourth-order valence-corrected chi connectivity index (χ4v) is 3.43. The van der Waals surface area contributed by atoms with E-state index < -0.39 is 37.0 Å². The summed E-state index contributed by atoms with van der Waals surface area (Å²) in [7, 11) is 1.14. The Kier molecular flexibility index (Phi) is 5.83. The molecule has 2 rings (SSSR count). The largest absolute Gasteiger partial charge is 0.732 e. The van der Waals surface area contributed by atoms with Gasteiger partial charge in [0.2, 0.25) is 5.56 Å². The highest BCUT2D eigenvalue weighted by Crippen LogP contribution is 2.46. The van der Waals surface area contributed by atoms with Crippen LogP contribution in [0.4, 0.5) is 0 Å². The molecule has 0 aromatic heterocycles. The normalized spacial score (nSPS) is 12.3. The quantitative estimate of drug-likeness (QED) is 0.360. The van der Waals surface area contributed by atoms with Crippen molar-refractivity contribution in [3.8, 4) is 5.75 Å². The number of benzene rings is 2. The third-order valence-corrected chi connectivity index (χ3v) is 6.10. The number of hydrogen-bond acceptors (Lipinski definition) is 7. The summed E-state index contributed by atoms with van der Waals surface area (Å²) >= 11 is 0. The van der Waals surface area contributed by atoms with Crippen molar-refractivity contribution < 1.29 is 19.5 Å². The Labute approximate surface area is 172 Å². The maximum atomic E-state index is 11.6. The summed E-state index contributed by atoms with van der Waals surface area (Å²) in [5, 5.41) is 34.9. The molecule has 0 amide bonds. The number of rotatable bonds is 8. The summed E-state index contributed by atoms with van der Waals surface area (Å²) in [6.07, 6.45) is 0. The minimum absolute atomic E-state index is 0.308. The molecule has 0 saturated heterocycles. The zero-order valence-electron chi connectivity index (χ0n) is 17.3. The Bertz CT molecular complexity index is 951. The van der Waals surface area contributed by atoms with Gasteiger partial charge >= 0.3 is 5.79 Å². The summed E-state index contributed by atoms with van der Waals surface area (Å²) in [6.45, 7) is 7.68. The van der Waals surface area contributed by atoms with Gasteiger partial charge in [-0.05, 0) is 34.1 Å². The molecule has 0 bridgehead atoms. The third kappa shape index (κ3) is 3.23. The molecule has 30 heavy (non-hydrogen) atoms. The average Bonchev–Trinajstić information content (AvgIpc) is 2.68. The predicted octanol–water partition coefficient (Wildman–Crippen LogP) is 3.89. The minimum atomic E-state index is -3.78. The molecule has 0 aliphatic carbocycles. The Morgan fingerprint density at radius 2 is 1.20 bits per heavy atom. The van der Waals surface area contributed by atoms with E-state index in [2.05, 4.69) is 0 Å². The van der Waals surface area contributed by atoms with Crippen LogP contribution in [0.2, 0.25) is 0 Å². The lowest BCUT2D eigenvalue weighted by molar-refractivity contribution is -0.986. The topological polar surface area (TPSA) is 139 Å². The van der Waals surface area contributed by atoms with E-state index in [1.807, 2.05) is 58.0 Å². The van der Waals surface area contributed by atoms with Crippen molar-refractivity contribution in [3.63, 3.8) is 0 Å². The molecule has 0 spiro atoms. The molecule has 0 radical (unpaired) electrons. The predicted molar refractivity (Wildman–Crippen MR) is 108 cm³/mol. The molecule has 10 heteroatoms. The van der Waals surface area contributed by atoms with Crippen LogP contribution in [0.5, 0.6) is 5.75 Å². The molecule has 2 aromatic rings. The average molecular weight is 417 g/mol. The van der Waals surface area contributed by atoms with Gasteiger partial charge in [0.25, 0.3) is 0 Å². The smallest absolute Gasteiger partial charge is 0.496 e. The molecule has 2 aromatic carbocycles. The van der Waals surface area contributed by atoms with Gasteiger partial charge in [-0.3, -0.25) is 30.3 Å². The van der Waals surface area contributed by atoms with Crippen molar-refractivity contribution >= 4 is 0 Å². The second-order valence-corrected chi connectivity index (χ2v) is 7.94. The van der Waals surface area contributed by atoms with Crippen LogP contribution in [0.25, 0.3) is 0 Å². The standard InChI is InChI=1S/C20H23N3O7/c1-18(2,14-9-7-6-8-10-14)19(3,4)15-11-12-17(30-5)16(13-15)20(21(24)25,22(26)27)23(28)29/h6-13H,1-5H3. The number of ether oxygens (including phenoxy) is 1. The molecule has 0 aliphatic heterocycles. The highest BCUT2D eigenvalue weighted by atomic mass is 16.7. The highest BCUT2D eigenvalue weighted by molar-refractivity contribution is 5.44. The van der Waals surface area contributed by atoms with Gasteiger partial charge in [-0.1, -0.05) is 64.1 Å². The molecule has 160 valence electrons. The lowest BCUT2D eigenvalue weighted by Crippen LogP contribution is -2.50. The SMILES string of the molecule is COc1ccc(C(C)(C)C(C)(C)c2ccccc2)cc1C([N+](=O)[O-])([N+](=O)[O-])[N+](=O)[O-]. The first-order valence-electron chi connectivity index (χ1n) is 9.03. The van der Waals surface area contributed by atoms with Gasteiger partial charge < -0.3 is 4.74 Å². The first-order valence-corrected chi connectivity index (χ1v) is 9.03. The van der Waals surface area contributed by atoms with Crippen LogP contribution in [0.1, 0.15) is 44.4 Å². The molecule has 0 N–H and O–H groups in total. The zero-order valence-corrected chi connectivity index (χ0v) is 17.3. The van der Waals surface area contributed by atoms with Gasteiger partial charge in [0.15, 0.2) is 14.8 Å². The van der Waals surface area contributed by atoms with Gasteiger partial charge in [0, 0.05) is 0 Å². The van der Waals surface area contributed by atoms with Crippen molar-refractivity contribution in [2.24, 2.45) is 0 Å². The van der Waals surface area contributed by atoms with E-state index >= 15 is 0 Å². The van der Waals surface area contributed by atoms with Gasteiger partial charge in [0.1, 0.15) is 5.75 Å². The number of methoxy groups -OCH3 is 1. The molecular weight excluding hydrogens is 394 g/mol. The Hall–Kier alpha value is -3.56. The molecule has 0 fully saturated rings. The van der Waals surface area contributed by atoms with Crippen molar-refractivity contribution in [2.75, 3.05) is 7.11 Å². The summed E-state index contributed by atoms with van der Waals surface area (Å²) in [4.78, 5) is 30.3. The van der Waals surface area contributed by atoms with Crippen LogP contribution >= 0.6 is 0 Å². The second-order valence-electron chi connectivity index (χ2n) is 7.94. The summed E-state index contributed by atoms with van der Waals surface area (Å²) in [6, 6.07) is 13.5. The number of hydrogen-bond donors (Lipinski definition) is 0. The van der Waals surface area contributed by atoms with E-state index in [4.69, 9.17) is 4.74 Å². The molecule has 0 unspecified atom stereocenters. The zero-order chi connectivity index (χ0) is 22.9. The number of nitro groups is 3. The van der Waals surface area contributed by atoms with Gasteiger partial charge in [-0.2, -0.15) is 0 Å². The fraction of sp³-hybridized carbons (Fsp3) is 0.400. The van der Waals surface area contributed by atoms with Crippen molar-refractivity contribution in [1.29, 1.82) is 0 Å². The Morgan fingerprint density at radius 3 is 1.63 bits per heavy atom. The molecular formula is C20H23N3O7. The van der Waals surface area contributed by atoms with E-state index in [1.54, 1.807) is 6.07 Å². The van der Waals surface area contributed by atoms with Crippen molar-refractivity contribution in [2.45, 2.75) is 44.3 Å². The van der Waals surface area contributed by atoms with Crippen LogP contribution in [0, 0.1) is 30.3 Å². The maximum Gasteiger partial charge on any atom is 0.732 e. The van der Waals surface area contributed by atoms with Gasteiger partial charge in [-0.15, -0.1) is 0 Å². The second kappa shape index (κ2) is 7.69. The molecule has 10 nitrogen and oxygen atoms in total.